The number of anilines is 3. The molecule has 128 valence electrons. The predicted molar refractivity (Wildman–Crippen MR) is 98.2 cm³/mol. The molecule has 1 aromatic heterocycles. The van der Waals surface area contributed by atoms with Gasteiger partial charge in [0.15, 0.2) is 5.82 Å². The Bertz CT molecular complexity index is 855. The molecule has 1 heterocycles. The Kier molecular flexibility index (Phi) is 5.63. The fourth-order valence-electron chi connectivity index (χ4n) is 2.20. The summed E-state index contributed by atoms with van der Waals surface area (Å²) in [6.45, 7) is 0.506. The third kappa shape index (κ3) is 4.55. The fraction of sp³-hybridized carbons (Fsp3) is 0.118. The fourth-order valence-corrected chi connectivity index (χ4v) is 2.69. The molecule has 0 saturated heterocycles. The molecule has 0 radical (unpaired) electrons. The molecule has 8 heteroatoms. The number of aromatic nitrogens is 3. The average molecular weight is 378 g/mol. The van der Waals surface area contributed by atoms with Crippen LogP contribution in [-0.4, -0.2) is 21.7 Å². The van der Waals surface area contributed by atoms with Gasteiger partial charge in [-0.25, -0.2) is 4.39 Å². The Balaban J connectivity index is 1.65. The number of para-hydroxylation sites is 1. The Morgan fingerprint density at radius 1 is 1.00 bits per heavy atom. The van der Waals surface area contributed by atoms with Crippen LogP contribution in [0.4, 0.5) is 21.8 Å². The maximum absolute atomic E-state index is 13.6. The van der Waals surface area contributed by atoms with E-state index >= 15 is 0 Å². The van der Waals surface area contributed by atoms with Crippen molar-refractivity contribution >= 4 is 40.7 Å². The lowest BCUT2D eigenvalue weighted by Crippen LogP contribution is -2.09. The van der Waals surface area contributed by atoms with Crippen LogP contribution >= 0.6 is 23.2 Å². The Morgan fingerprint density at radius 3 is 2.52 bits per heavy atom. The monoisotopic (exact) mass is 377 g/mol. The van der Waals surface area contributed by atoms with Crippen LogP contribution in [0.15, 0.2) is 48.7 Å². The van der Waals surface area contributed by atoms with Crippen LogP contribution in [0.5, 0.6) is 0 Å². The summed E-state index contributed by atoms with van der Waals surface area (Å²) in [7, 11) is 0. The van der Waals surface area contributed by atoms with E-state index in [2.05, 4.69) is 25.8 Å². The second-order valence-electron chi connectivity index (χ2n) is 5.16. The molecule has 0 atom stereocenters. The summed E-state index contributed by atoms with van der Waals surface area (Å²) in [6.07, 6.45) is 2.01. The number of hydrogen-bond acceptors (Lipinski definition) is 5. The van der Waals surface area contributed by atoms with E-state index in [9.17, 15) is 4.39 Å². The molecule has 0 aliphatic heterocycles. The van der Waals surface area contributed by atoms with Crippen LogP contribution in [0, 0.1) is 5.82 Å². The second-order valence-corrected chi connectivity index (χ2v) is 5.97. The molecule has 3 aromatic rings. The van der Waals surface area contributed by atoms with Gasteiger partial charge in [-0.3, -0.25) is 0 Å². The van der Waals surface area contributed by atoms with Crippen LogP contribution in [0.25, 0.3) is 0 Å². The summed E-state index contributed by atoms with van der Waals surface area (Å²) in [4.78, 5) is 4.30. The smallest absolute Gasteiger partial charge is 0.249 e. The predicted octanol–water partition coefficient (Wildman–Crippen LogP) is 4.72. The van der Waals surface area contributed by atoms with Gasteiger partial charge in [0.1, 0.15) is 5.82 Å². The van der Waals surface area contributed by atoms with Gasteiger partial charge in [-0.1, -0.05) is 47.5 Å². The summed E-state index contributed by atoms with van der Waals surface area (Å²) >= 11 is 12.2. The topological polar surface area (TPSA) is 62.7 Å². The molecule has 2 aromatic carbocycles. The van der Waals surface area contributed by atoms with Crippen molar-refractivity contribution in [3.63, 3.8) is 0 Å². The lowest BCUT2D eigenvalue weighted by molar-refractivity contribution is 0.610. The first-order valence-corrected chi connectivity index (χ1v) is 8.27. The van der Waals surface area contributed by atoms with Crippen molar-refractivity contribution in [2.45, 2.75) is 6.42 Å². The molecule has 0 amide bonds. The van der Waals surface area contributed by atoms with E-state index in [-0.39, 0.29) is 11.8 Å². The van der Waals surface area contributed by atoms with Crippen LogP contribution in [0.2, 0.25) is 10.0 Å². The summed E-state index contributed by atoms with van der Waals surface area (Å²) < 4.78 is 13.6. The number of rotatable bonds is 6. The minimum Gasteiger partial charge on any atom is -0.368 e. The van der Waals surface area contributed by atoms with Gasteiger partial charge in [0, 0.05) is 6.54 Å². The summed E-state index contributed by atoms with van der Waals surface area (Å²) in [6, 6.07) is 11.8. The number of hydrogen-bond donors (Lipinski definition) is 2. The third-order valence-corrected chi connectivity index (χ3v) is 4.05. The van der Waals surface area contributed by atoms with Crippen molar-refractivity contribution in [1.82, 2.24) is 15.2 Å². The molecule has 5 nitrogen and oxygen atoms in total. The normalized spacial score (nSPS) is 10.5. The SMILES string of the molecule is Fc1ccccc1CCNc1cnnc(Nc2c(Cl)cccc2Cl)n1. The summed E-state index contributed by atoms with van der Waals surface area (Å²) in [5, 5.41) is 14.7. The minimum atomic E-state index is -0.221. The van der Waals surface area contributed by atoms with E-state index in [1.54, 1.807) is 36.4 Å². The Labute approximate surface area is 154 Å². The maximum atomic E-state index is 13.6. The molecule has 2 N–H and O–H groups in total. The van der Waals surface area contributed by atoms with Crippen molar-refractivity contribution in [1.29, 1.82) is 0 Å². The van der Waals surface area contributed by atoms with Crippen molar-refractivity contribution in [2.24, 2.45) is 0 Å². The summed E-state index contributed by atoms with van der Waals surface area (Å²) in [5.74, 6) is 0.545. The quantitative estimate of drug-likeness (QED) is 0.650. The van der Waals surface area contributed by atoms with Crippen LogP contribution in [0.1, 0.15) is 5.56 Å². The van der Waals surface area contributed by atoms with Crippen LogP contribution < -0.4 is 10.6 Å². The van der Waals surface area contributed by atoms with Gasteiger partial charge in [0.05, 0.1) is 21.9 Å². The van der Waals surface area contributed by atoms with E-state index in [1.807, 2.05) is 0 Å². The van der Waals surface area contributed by atoms with Gasteiger partial charge in [0.25, 0.3) is 0 Å². The highest BCUT2D eigenvalue weighted by Crippen LogP contribution is 2.31. The number of halogens is 3. The molecular weight excluding hydrogens is 364 g/mol. The molecule has 0 unspecified atom stereocenters. The highest BCUT2D eigenvalue weighted by atomic mass is 35.5. The molecule has 0 spiro atoms. The Morgan fingerprint density at radius 2 is 1.76 bits per heavy atom. The van der Waals surface area contributed by atoms with Crippen molar-refractivity contribution in [3.8, 4) is 0 Å². The molecule has 0 saturated carbocycles. The minimum absolute atomic E-state index is 0.221. The van der Waals surface area contributed by atoms with Gasteiger partial charge >= 0.3 is 0 Å². The number of nitrogens with one attached hydrogen (secondary N) is 2. The molecule has 3 rings (SSSR count). The first-order chi connectivity index (χ1) is 12.1. The van der Waals surface area contributed by atoms with Gasteiger partial charge in [0.2, 0.25) is 5.95 Å². The van der Waals surface area contributed by atoms with Crippen LogP contribution in [0.3, 0.4) is 0 Å². The van der Waals surface area contributed by atoms with E-state index < -0.39 is 0 Å². The molecular formula is C17H14Cl2FN5. The second kappa shape index (κ2) is 8.09. The standard InChI is InChI=1S/C17H14Cl2FN5/c18-12-5-3-6-13(19)16(12)24-17-23-15(10-22-25-17)21-9-8-11-4-1-2-7-14(11)20/h1-7,10H,8-9H2,(H2,21,23,24,25). The molecule has 25 heavy (non-hydrogen) atoms. The van der Waals surface area contributed by atoms with Gasteiger partial charge in [-0.15, -0.1) is 5.10 Å². The lowest BCUT2D eigenvalue weighted by atomic mass is 10.1. The van der Waals surface area contributed by atoms with Gasteiger partial charge in [-0.2, -0.15) is 10.1 Å². The number of nitrogens with zero attached hydrogens (tertiary/aromatic N) is 3. The van der Waals surface area contributed by atoms with E-state index in [0.717, 1.165) is 0 Å². The summed E-state index contributed by atoms with van der Waals surface area (Å²) in [5.41, 5.74) is 1.15. The first kappa shape index (κ1) is 17.4. The Hall–Kier alpha value is -2.44. The van der Waals surface area contributed by atoms with E-state index in [4.69, 9.17) is 23.2 Å². The zero-order valence-corrected chi connectivity index (χ0v) is 14.5. The van der Waals surface area contributed by atoms with Crippen molar-refractivity contribution in [3.05, 3.63) is 70.1 Å². The highest BCUT2D eigenvalue weighted by Gasteiger charge is 2.08. The zero-order chi connectivity index (χ0) is 17.6. The third-order valence-electron chi connectivity index (χ3n) is 3.42. The molecule has 0 aliphatic carbocycles. The highest BCUT2D eigenvalue weighted by molar-refractivity contribution is 6.39. The lowest BCUT2D eigenvalue weighted by Gasteiger charge is -2.10. The van der Waals surface area contributed by atoms with Crippen molar-refractivity contribution in [2.75, 3.05) is 17.2 Å². The van der Waals surface area contributed by atoms with E-state index in [1.165, 1.54) is 12.3 Å². The average Bonchev–Trinajstić information content (AvgIpc) is 2.60. The molecule has 0 fully saturated rings. The van der Waals surface area contributed by atoms with E-state index in [0.29, 0.717) is 40.1 Å². The van der Waals surface area contributed by atoms with Crippen LogP contribution in [-0.2, 0) is 6.42 Å². The van der Waals surface area contributed by atoms with Crippen molar-refractivity contribution < 1.29 is 4.39 Å². The maximum Gasteiger partial charge on any atom is 0.249 e. The zero-order valence-electron chi connectivity index (χ0n) is 13.0. The number of benzene rings is 2. The molecule has 0 aliphatic rings. The first-order valence-electron chi connectivity index (χ1n) is 7.51. The van der Waals surface area contributed by atoms with Gasteiger partial charge < -0.3 is 10.6 Å². The van der Waals surface area contributed by atoms with Gasteiger partial charge in [-0.05, 0) is 30.2 Å². The largest absolute Gasteiger partial charge is 0.368 e. The molecule has 0 bridgehead atoms.